The summed E-state index contributed by atoms with van der Waals surface area (Å²) in [6, 6.07) is 32.5. The molecule has 0 saturated heterocycles. The Hall–Kier alpha value is -6.51. The second kappa shape index (κ2) is 18.6. The molecular weight excluding hydrogens is 976 g/mol. The minimum absolute atomic E-state index is 0.877. The highest BCUT2D eigenvalue weighted by Crippen LogP contribution is 2.37. The van der Waals surface area contributed by atoms with E-state index in [1.165, 1.54) is 15.9 Å². The van der Waals surface area contributed by atoms with Crippen LogP contribution in [0.2, 0.25) is 0 Å². The number of rotatable bonds is 7. The summed E-state index contributed by atoms with van der Waals surface area (Å²) in [7, 11) is -0.877. The van der Waals surface area contributed by atoms with Crippen molar-refractivity contribution in [1.82, 2.24) is 0 Å². The summed E-state index contributed by atoms with van der Waals surface area (Å²) in [6.07, 6.45) is -14.1. The van der Waals surface area contributed by atoms with Gasteiger partial charge in [-0.2, -0.15) is 13.2 Å². The summed E-state index contributed by atoms with van der Waals surface area (Å²) in [5.41, 5.74) is -18.8. The van der Waals surface area contributed by atoms with Gasteiger partial charge in [-0.1, -0.05) is 54.6 Å². The summed E-state index contributed by atoms with van der Waals surface area (Å²) in [6.45, 7) is 0. The molecule has 0 nitrogen and oxygen atoms in total. The van der Waals surface area contributed by atoms with Crippen molar-refractivity contribution in [2.45, 2.75) is 6.18 Å². The van der Waals surface area contributed by atoms with Crippen molar-refractivity contribution in [1.29, 1.82) is 0 Å². The first-order chi connectivity index (χ1) is 31.4. The molecule has 0 bridgehead atoms. The van der Waals surface area contributed by atoms with E-state index in [1.807, 2.05) is 0 Å². The fraction of sp³-hybridized carbons (Fsp3) is 0.0233. The van der Waals surface area contributed by atoms with Crippen LogP contribution in [0.3, 0.4) is 0 Å². The van der Waals surface area contributed by atoms with Crippen molar-refractivity contribution in [3.63, 3.8) is 0 Å². The Kier molecular flexibility index (Phi) is 13.9. The lowest BCUT2D eigenvalue weighted by molar-refractivity contribution is -0.143. The van der Waals surface area contributed by atoms with Gasteiger partial charge in [-0.15, -0.1) is 21.9 Å². The summed E-state index contributed by atoms with van der Waals surface area (Å²) < 4.78 is 322. The van der Waals surface area contributed by atoms with Crippen LogP contribution in [0.4, 0.5) is 96.6 Å². The molecule has 0 aromatic heterocycles. The van der Waals surface area contributed by atoms with Crippen LogP contribution in [-0.2, 0) is 6.18 Å². The first-order valence-corrected chi connectivity index (χ1v) is 19.5. The SMILES string of the molecule is Fc1c(F)c(F)c([B-](c2c(F)c(F)c(F)c(F)c2F)(c2c(F)c(F)c(F)c(F)c2F)c2c(F)c(F)c(C(F)(F)F)c(F)c2F)c(F)c1F.c1ccc([PH+](c2ccccc2)c2ccccc2)cc1. The largest absolute Gasteiger partial charge is 0.422 e. The molecular formula is C43H16BF22P. The van der Waals surface area contributed by atoms with Crippen LogP contribution in [0, 0.1) is 111 Å². The Bertz CT molecular complexity index is 2680. The molecule has 350 valence electrons. The zero-order valence-corrected chi connectivity index (χ0v) is 33.1. The van der Waals surface area contributed by atoms with Gasteiger partial charge in [0, 0.05) is 0 Å². The van der Waals surface area contributed by atoms with Crippen LogP contribution in [0.5, 0.6) is 0 Å². The highest BCUT2D eigenvalue weighted by Gasteiger charge is 2.53. The van der Waals surface area contributed by atoms with Gasteiger partial charge in [-0.3, -0.25) is 0 Å². The van der Waals surface area contributed by atoms with Gasteiger partial charge in [0.1, 0.15) is 74.2 Å². The van der Waals surface area contributed by atoms with E-state index in [2.05, 4.69) is 91.0 Å². The lowest BCUT2D eigenvalue weighted by Gasteiger charge is -2.45. The van der Waals surface area contributed by atoms with Crippen LogP contribution in [0.1, 0.15) is 5.56 Å². The van der Waals surface area contributed by atoms with E-state index in [0.29, 0.717) is 0 Å². The Labute approximate surface area is 361 Å². The Morgan fingerprint density at radius 1 is 0.254 bits per heavy atom. The normalized spacial score (nSPS) is 11.9. The fourth-order valence-electron chi connectivity index (χ4n) is 7.46. The van der Waals surface area contributed by atoms with Gasteiger partial charge in [-0.25, -0.2) is 83.4 Å². The smallest absolute Gasteiger partial charge is 0.207 e. The molecule has 0 heterocycles. The third kappa shape index (κ3) is 8.13. The average Bonchev–Trinajstić information content (AvgIpc) is 3.30. The van der Waals surface area contributed by atoms with Crippen molar-refractivity contribution in [2.75, 3.05) is 0 Å². The molecule has 0 spiro atoms. The molecule has 0 atom stereocenters. The second-order valence-corrected chi connectivity index (χ2v) is 16.3. The van der Waals surface area contributed by atoms with Gasteiger partial charge < -0.3 is 0 Å². The quantitative estimate of drug-likeness (QED) is 0.0491. The minimum Gasteiger partial charge on any atom is -0.207 e. The monoisotopic (exact) mass is 992 g/mol. The summed E-state index contributed by atoms with van der Waals surface area (Å²) >= 11 is 0. The number of alkyl halides is 3. The zero-order valence-electron chi connectivity index (χ0n) is 32.1. The van der Waals surface area contributed by atoms with Gasteiger partial charge in [0.2, 0.25) is 0 Å². The maximum Gasteiger partial charge on any atom is 0.422 e. The first-order valence-electron chi connectivity index (χ1n) is 18.0. The standard InChI is InChI=1S/C25BF22.C18H15P/c27-6-1(25(46,47)48)7(28)9(30)2(8(6)29)26(3-10(31)16(37)22(43)17(38)11(3)32,4-12(33)18(39)23(44)19(40)13(4)34)5-14(35)20(41)24(45)21(42)15(5)36;1-4-10-16(11-5-1)19(17-12-6-2-7-13-17)18-14-8-3-9-15-18/h;1-15H/q-1;/p+1. The van der Waals surface area contributed by atoms with Crippen molar-refractivity contribution in [2.24, 2.45) is 0 Å². The number of benzene rings is 7. The molecule has 0 fully saturated rings. The molecule has 0 aliphatic rings. The lowest BCUT2D eigenvalue weighted by Crippen LogP contribution is -2.81. The number of hydrogen-bond acceptors (Lipinski definition) is 0. The van der Waals surface area contributed by atoms with E-state index in [4.69, 9.17) is 0 Å². The van der Waals surface area contributed by atoms with Crippen LogP contribution in [0.15, 0.2) is 91.0 Å². The second-order valence-electron chi connectivity index (χ2n) is 13.8. The molecule has 7 aromatic carbocycles. The highest BCUT2D eigenvalue weighted by atomic mass is 31.1. The maximum atomic E-state index is 15.6. The Morgan fingerprint density at radius 2 is 0.433 bits per heavy atom. The third-order valence-electron chi connectivity index (χ3n) is 10.2. The van der Waals surface area contributed by atoms with Crippen LogP contribution >= 0.6 is 7.92 Å². The predicted octanol–water partition coefficient (Wildman–Crippen LogP) is 9.90. The van der Waals surface area contributed by atoms with E-state index in [-0.39, 0.29) is 0 Å². The molecule has 67 heavy (non-hydrogen) atoms. The molecule has 0 aliphatic carbocycles. The van der Waals surface area contributed by atoms with Crippen LogP contribution < -0.4 is 37.8 Å². The predicted molar refractivity (Wildman–Crippen MR) is 201 cm³/mol. The maximum absolute atomic E-state index is 15.6. The molecule has 7 rings (SSSR count). The summed E-state index contributed by atoms with van der Waals surface area (Å²) in [5, 5.41) is 4.31. The topological polar surface area (TPSA) is 0 Å². The van der Waals surface area contributed by atoms with E-state index in [1.54, 1.807) is 0 Å². The lowest BCUT2D eigenvalue weighted by atomic mass is 9.12. The highest BCUT2D eigenvalue weighted by molar-refractivity contribution is 7.79. The average molecular weight is 992 g/mol. The Morgan fingerprint density at radius 3 is 0.627 bits per heavy atom. The van der Waals surface area contributed by atoms with E-state index in [9.17, 15) is 61.5 Å². The van der Waals surface area contributed by atoms with Gasteiger partial charge in [0.25, 0.3) is 0 Å². The van der Waals surface area contributed by atoms with E-state index in [0.717, 1.165) is 0 Å². The van der Waals surface area contributed by atoms with Crippen LogP contribution in [0.25, 0.3) is 0 Å². The van der Waals surface area contributed by atoms with E-state index < -0.39 is 158 Å². The third-order valence-corrected chi connectivity index (χ3v) is 13.0. The molecule has 0 amide bonds. The molecule has 7 aromatic rings. The van der Waals surface area contributed by atoms with Crippen LogP contribution in [-0.4, -0.2) is 6.15 Å². The number of hydrogen-bond donors (Lipinski definition) is 0. The number of halogens is 22. The Balaban J connectivity index is 0.000000321. The summed E-state index contributed by atoms with van der Waals surface area (Å²) in [4.78, 5) is 0. The van der Waals surface area contributed by atoms with Crippen molar-refractivity contribution >= 4 is 51.8 Å². The van der Waals surface area contributed by atoms with Gasteiger partial charge in [0.15, 0.2) is 64.0 Å². The molecule has 0 aliphatic heterocycles. The molecule has 0 unspecified atom stereocenters. The van der Waals surface area contributed by atoms with Gasteiger partial charge in [-0.05, 0) is 36.4 Å². The van der Waals surface area contributed by atoms with Gasteiger partial charge >= 0.3 is 6.18 Å². The molecule has 24 heteroatoms. The zero-order chi connectivity index (χ0) is 49.8. The fourth-order valence-corrected chi connectivity index (χ4v) is 10.0. The van der Waals surface area contributed by atoms with Crippen molar-refractivity contribution < 1.29 is 96.6 Å². The van der Waals surface area contributed by atoms with Crippen molar-refractivity contribution in [3.8, 4) is 0 Å². The first kappa shape index (κ1) is 49.9. The molecule has 0 N–H and O–H groups in total. The van der Waals surface area contributed by atoms with Gasteiger partial charge in [0.05, 0.1) is 7.92 Å². The summed E-state index contributed by atoms with van der Waals surface area (Å²) in [5.74, 6) is -71.3. The van der Waals surface area contributed by atoms with Crippen molar-refractivity contribution in [3.05, 3.63) is 207 Å². The minimum atomic E-state index is -7.46. The van der Waals surface area contributed by atoms with E-state index >= 15 is 35.1 Å². The molecule has 0 saturated carbocycles. The molecule has 0 radical (unpaired) electrons.